The monoisotopic (exact) mass is 374 g/mol. The zero-order valence-corrected chi connectivity index (χ0v) is 14.5. The number of carbonyl (C=O) groups excluding carboxylic acids is 1. The Bertz CT molecular complexity index is 668. The van der Waals surface area contributed by atoms with Gasteiger partial charge in [0, 0.05) is 12.6 Å². The first-order valence-electron chi connectivity index (χ1n) is 8.83. The van der Waals surface area contributed by atoms with Crippen molar-refractivity contribution in [1.82, 2.24) is 10.2 Å². The van der Waals surface area contributed by atoms with Crippen molar-refractivity contribution in [2.24, 2.45) is 0 Å². The quantitative estimate of drug-likeness (QED) is 0.791. The number of nitrogens with one attached hydrogen (secondary N) is 1. The van der Waals surface area contributed by atoms with Crippen molar-refractivity contribution in [3.63, 3.8) is 0 Å². The lowest BCUT2D eigenvalue weighted by Gasteiger charge is -2.34. The number of benzene rings is 1. The summed E-state index contributed by atoms with van der Waals surface area (Å²) in [4.78, 5) is 14.0. The second-order valence-corrected chi connectivity index (χ2v) is 6.83. The fraction of sp³-hybridized carbons (Fsp3) is 0.611. The fourth-order valence-electron chi connectivity index (χ4n) is 3.62. The van der Waals surface area contributed by atoms with Gasteiger partial charge >= 0.3 is 12.3 Å². The normalized spacial score (nSPS) is 21.5. The molecule has 1 saturated heterocycles. The van der Waals surface area contributed by atoms with E-state index in [1.807, 2.05) is 0 Å². The highest BCUT2D eigenvalue weighted by Crippen LogP contribution is 2.52. The highest BCUT2D eigenvalue weighted by molar-refractivity contribution is 5.70. The van der Waals surface area contributed by atoms with E-state index in [4.69, 9.17) is 4.74 Å². The van der Waals surface area contributed by atoms with Crippen molar-refractivity contribution in [2.75, 3.05) is 19.7 Å². The van der Waals surface area contributed by atoms with Crippen LogP contribution in [0.5, 0.6) is 0 Å². The van der Waals surface area contributed by atoms with Gasteiger partial charge in [-0.2, -0.15) is 13.2 Å². The molecule has 1 aliphatic heterocycles. The molecule has 1 heterocycles. The number of halogens is 4. The summed E-state index contributed by atoms with van der Waals surface area (Å²) >= 11 is 0. The first kappa shape index (κ1) is 18.9. The van der Waals surface area contributed by atoms with E-state index in [9.17, 15) is 22.4 Å². The van der Waals surface area contributed by atoms with Crippen LogP contribution in [0, 0.1) is 5.82 Å². The summed E-state index contributed by atoms with van der Waals surface area (Å²) in [5.74, 6) is -1.31. The van der Waals surface area contributed by atoms with E-state index in [1.54, 1.807) is 6.92 Å². The maximum absolute atomic E-state index is 13.6. The highest BCUT2D eigenvalue weighted by Gasteiger charge is 2.53. The molecule has 0 aromatic heterocycles. The van der Waals surface area contributed by atoms with Gasteiger partial charge in [0.25, 0.3) is 0 Å². The van der Waals surface area contributed by atoms with Crippen LogP contribution in [0.1, 0.15) is 43.7 Å². The van der Waals surface area contributed by atoms with Gasteiger partial charge in [-0.1, -0.05) is 6.07 Å². The molecule has 0 bridgehead atoms. The van der Waals surface area contributed by atoms with Crippen LogP contribution in [0.2, 0.25) is 0 Å². The van der Waals surface area contributed by atoms with Crippen LogP contribution in [0.15, 0.2) is 18.2 Å². The Balaban J connectivity index is 1.93. The van der Waals surface area contributed by atoms with Crippen molar-refractivity contribution in [3.05, 3.63) is 35.1 Å². The van der Waals surface area contributed by atoms with Gasteiger partial charge in [-0.25, -0.2) is 9.18 Å². The Morgan fingerprint density at radius 2 is 2.12 bits per heavy atom. The summed E-state index contributed by atoms with van der Waals surface area (Å²) in [6, 6.07) is 3.08. The Kier molecular flexibility index (Phi) is 5.14. The molecule has 1 aromatic rings. The van der Waals surface area contributed by atoms with E-state index in [2.05, 4.69) is 5.32 Å². The van der Waals surface area contributed by atoms with E-state index in [0.29, 0.717) is 24.9 Å². The zero-order valence-electron chi connectivity index (χ0n) is 14.5. The SMILES string of the molecule is CCOC(=O)N(CC1CCCN1)C1(c2ccc(F)c(C(F)(F)F)c2)CC1. The van der Waals surface area contributed by atoms with Gasteiger partial charge in [-0.05, 0) is 56.8 Å². The maximum Gasteiger partial charge on any atom is 0.419 e. The van der Waals surface area contributed by atoms with Crippen molar-refractivity contribution in [3.8, 4) is 0 Å². The molecule has 0 spiro atoms. The van der Waals surface area contributed by atoms with Crippen LogP contribution in [0.25, 0.3) is 0 Å². The summed E-state index contributed by atoms with van der Waals surface area (Å²) in [6.45, 7) is 3.07. The van der Waals surface area contributed by atoms with Gasteiger partial charge in [-0.15, -0.1) is 0 Å². The second-order valence-electron chi connectivity index (χ2n) is 6.83. The molecule has 1 aliphatic carbocycles. The smallest absolute Gasteiger partial charge is 0.419 e. The predicted octanol–water partition coefficient (Wildman–Crippen LogP) is 4.04. The van der Waals surface area contributed by atoms with Gasteiger partial charge < -0.3 is 10.1 Å². The average Bonchev–Trinajstić information content (AvgIpc) is 3.20. The molecule has 1 unspecified atom stereocenters. The van der Waals surface area contributed by atoms with Crippen LogP contribution in [-0.4, -0.2) is 36.7 Å². The first-order valence-corrected chi connectivity index (χ1v) is 8.83. The van der Waals surface area contributed by atoms with Crippen molar-refractivity contribution >= 4 is 6.09 Å². The van der Waals surface area contributed by atoms with E-state index in [0.717, 1.165) is 31.5 Å². The predicted molar refractivity (Wildman–Crippen MR) is 87.1 cm³/mol. The average molecular weight is 374 g/mol. The van der Waals surface area contributed by atoms with Crippen molar-refractivity contribution in [2.45, 2.75) is 50.4 Å². The molecule has 8 heteroatoms. The van der Waals surface area contributed by atoms with Crippen LogP contribution >= 0.6 is 0 Å². The Morgan fingerprint density at radius 3 is 2.65 bits per heavy atom. The zero-order chi connectivity index (χ0) is 18.9. The van der Waals surface area contributed by atoms with Gasteiger partial charge in [0.05, 0.1) is 17.7 Å². The molecule has 1 amide bonds. The van der Waals surface area contributed by atoms with E-state index < -0.39 is 29.2 Å². The van der Waals surface area contributed by atoms with Gasteiger partial charge in [0.2, 0.25) is 0 Å². The molecule has 1 saturated carbocycles. The van der Waals surface area contributed by atoms with Crippen LogP contribution in [-0.2, 0) is 16.5 Å². The number of hydrogen-bond acceptors (Lipinski definition) is 3. The lowest BCUT2D eigenvalue weighted by atomic mass is 9.99. The molecule has 1 N–H and O–H groups in total. The molecule has 1 aromatic carbocycles. The molecule has 1 atom stereocenters. The number of amides is 1. The Labute approximate surface area is 149 Å². The third kappa shape index (κ3) is 3.65. The lowest BCUT2D eigenvalue weighted by Crippen LogP contribution is -2.47. The molecule has 3 rings (SSSR count). The number of hydrogen-bond donors (Lipinski definition) is 1. The van der Waals surface area contributed by atoms with E-state index in [1.165, 1.54) is 11.0 Å². The summed E-state index contributed by atoms with van der Waals surface area (Å²) < 4.78 is 58.1. The largest absolute Gasteiger partial charge is 0.450 e. The third-order valence-electron chi connectivity index (χ3n) is 5.10. The second kappa shape index (κ2) is 7.06. The van der Waals surface area contributed by atoms with Crippen LogP contribution < -0.4 is 5.32 Å². The number of nitrogens with zero attached hydrogens (tertiary/aromatic N) is 1. The molecular weight excluding hydrogens is 352 g/mol. The molecule has 2 fully saturated rings. The van der Waals surface area contributed by atoms with Crippen LogP contribution in [0.4, 0.5) is 22.4 Å². The number of ether oxygens (including phenoxy) is 1. The van der Waals surface area contributed by atoms with Gasteiger partial charge in [-0.3, -0.25) is 4.90 Å². The van der Waals surface area contributed by atoms with Crippen molar-refractivity contribution < 1.29 is 27.1 Å². The number of carbonyl (C=O) groups is 1. The summed E-state index contributed by atoms with van der Waals surface area (Å²) in [7, 11) is 0. The fourth-order valence-corrected chi connectivity index (χ4v) is 3.62. The topological polar surface area (TPSA) is 41.6 Å². The number of alkyl halides is 3. The number of rotatable bonds is 5. The van der Waals surface area contributed by atoms with E-state index >= 15 is 0 Å². The molecule has 26 heavy (non-hydrogen) atoms. The first-order chi connectivity index (χ1) is 12.3. The minimum absolute atomic E-state index is 0.0828. The summed E-state index contributed by atoms with van der Waals surface area (Å²) in [5.41, 5.74) is -1.86. The van der Waals surface area contributed by atoms with Gasteiger partial charge in [0.15, 0.2) is 0 Å². The Morgan fingerprint density at radius 1 is 1.38 bits per heavy atom. The molecular formula is C18H22F4N2O2. The standard InChI is InChI=1S/C18H22F4N2O2/c1-2-26-16(25)24(11-13-4-3-9-23-13)17(7-8-17)12-5-6-15(19)14(10-12)18(20,21)22/h5-6,10,13,23H,2-4,7-9,11H2,1H3. The molecule has 4 nitrogen and oxygen atoms in total. The lowest BCUT2D eigenvalue weighted by molar-refractivity contribution is -0.140. The highest BCUT2D eigenvalue weighted by atomic mass is 19.4. The third-order valence-corrected chi connectivity index (χ3v) is 5.10. The van der Waals surface area contributed by atoms with Crippen molar-refractivity contribution in [1.29, 1.82) is 0 Å². The molecule has 0 radical (unpaired) electrons. The molecule has 2 aliphatic rings. The van der Waals surface area contributed by atoms with E-state index in [-0.39, 0.29) is 12.6 Å². The van der Waals surface area contributed by atoms with Crippen LogP contribution in [0.3, 0.4) is 0 Å². The minimum atomic E-state index is -4.78. The Hall–Kier alpha value is -1.83. The summed E-state index contributed by atoms with van der Waals surface area (Å²) in [6.07, 6.45) is -2.38. The van der Waals surface area contributed by atoms with Gasteiger partial charge in [0.1, 0.15) is 5.82 Å². The maximum atomic E-state index is 13.6. The minimum Gasteiger partial charge on any atom is -0.450 e. The summed E-state index contributed by atoms with van der Waals surface area (Å²) in [5, 5.41) is 3.29. The molecule has 144 valence electrons.